The molecule has 0 aromatic carbocycles. The fraction of sp³-hybridized carbons (Fsp3) is 0.435. The molecule has 2 atom stereocenters. The van der Waals surface area contributed by atoms with Gasteiger partial charge in [0.25, 0.3) is 0 Å². The average Bonchev–Trinajstić information content (AvgIpc) is 3.55. The highest BCUT2D eigenvalue weighted by Gasteiger charge is 2.23. The van der Waals surface area contributed by atoms with E-state index in [4.69, 9.17) is 9.15 Å². The van der Waals surface area contributed by atoms with Gasteiger partial charge in [0, 0.05) is 44.5 Å². The Labute approximate surface area is 190 Å². The van der Waals surface area contributed by atoms with Crippen molar-refractivity contribution in [2.45, 2.75) is 25.1 Å². The van der Waals surface area contributed by atoms with Crippen molar-refractivity contribution in [2.75, 3.05) is 44.7 Å². The van der Waals surface area contributed by atoms with Crippen molar-refractivity contribution in [3.63, 3.8) is 0 Å². The number of hydrogen-bond donors (Lipinski definition) is 2. The first-order chi connectivity index (χ1) is 16.1. The molecule has 0 radical (unpaired) electrons. The summed E-state index contributed by atoms with van der Waals surface area (Å²) in [6, 6.07) is 7.73. The first-order valence-electron chi connectivity index (χ1n) is 11.4. The predicted molar refractivity (Wildman–Crippen MR) is 123 cm³/mol. The molecule has 0 spiro atoms. The van der Waals surface area contributed by atoms with Crippen LogP contribution >= 0.6 is 0 Å². The van der Waals surface area contributed by atoms with Gasteiger partial charge in [-0.2, -0.15) is 0 Å². The zero-order chi connectivity index (χ0) is 22.4. The van der Waals surface area contributed by atoms with Crippen LogP contribution < -0.4 is 15.0 Å². The number of aromatic nitrogens is 4. The van der Waals surface area contributed by atoms with Crippen LogP contribution in [0, 0.1) is 0 Å². The monoisotopic (exact) mass is 449 g/mol. The number of piperazine rings is 1. The van der Waals surface area contributed by atoms with Gasteiger partial charge in [-0.05, 0) is 38.1 Å². The van der Waals surface area contributed by atoms with Crippen molar-refractivity contribution in [1.82, 2.24) is 29.8 Å². The van der Waals surface area contributed by atoms with Crippen molar-refractivity contribution < 1.29 is 14.3 Å². The molecule has 0 saturated carbocycles. The zero-order valence-corrected chi connectivity index (χ0v) is 18.5. The lowest BCUT2D eigenvalue weighted by molar-refractivity contribution is 0.146. The van der Waals surface area contributed by atoms with Crippen molar-refractivity contribution in [3.05, 3.63) is 36.7 Å². The van der Waals surface area contributed by atoms with Crippen molar-refractivity contribution >= 4 is 22.4 Å². The Bertz CT molecular complexity index is 1280. The second-order valence-electron chi connectivity index (χ2n) is 8.80. The summed E-state index contributed by atoms with van der Waals surface area (Å²) in [5.41, 5.74) is 2.26. The number of aliphatic hydroxyl groups excluding tert-OH is 1. The minimum atomic E-state index is -0.451. The van der Waals surface area contributed by atoms with Crippen molar-refractivity contribution in [3.8, 4) is 17.3 Å². The van der Waals surface area contributed by atoms with Crippen molar-refractivity contribution in [1.29, 1.82) is 0 Å². The van der Waals surface area contributed by atoms with Crippen LogP contribution in [0.2, 0.25) is 0 Å². The van der Waals surface area contributed by atoms with Gasteiger partial charge in [-0.1, -0.05) is 0 Å². The largest absolute Gasteiger partial charge is 0.475 e. The number of fused-ring (bicyclic) bond motifs is 2. The summed E-state index contributed by atoms with van der Waals surface area (Å²) >= 11 is 0. The molecule has 4 aromatic rings. The van der Waals surface area contributed by atoms with Gasteiger partial charge in [0.15, 0.2) is 11.4 Å². The van der Waals surface area contributed by atoms with Crippen LogP contribution in [0.15, 0.2) is 41.1 Å². The highest BCUT2D eigenvalue weighted by molar-refractivity contribution is 5.92. The van der Waals surface area contributed by atoms with Gasteiger partial charge >= 0.3 is 0 Å². The highest BCUT2D eigenvalue weighted by atomic mass is 16.5. The van der Waals surface area contributed by atoms with E-state index in [0.29, 0.717) is 23.9 Å². The molecular formula is C23H27N7O3. The highest BCUT2D eigenvalue weighted by Crippen LogP contribution is 2.33. The number of ether oxygens (including phenoxy) is 1. The first-order valence-corrected chi connectivity index (χ1v) is 11.4. The molecule has 33 heavy (non-hydrogen) atoms. The Morgan fingerprint density at radius 1 is 1.15 bits per heavy atom. The van der Waals surface area contributed by atoms with E-state index in [1.54, 1.807) is 16.9 Å². The quantitative estimate of drug-likeness (QED) is 0.471. The number of imidazole rings is 1. The van der Waals surface area contributed by atoms with E-state index in [2.05, 4.69) is 37.2 Å². The van der Waals surface area contributed by atoms with Gasteiger partial charge in [0.2, 0.25) is 5.88 Å². The summed E-state index contributed by atoms with van der Waals surface area (Å²) in [5.74, 6) is 2.14. The summed E-state index contributed by atoms with van der Waals surface area (Å²) < 4.78 is 13.8. The van der Waals surface area contributed by atoms with E-state index in [-0.39, 0.29) is 6.04 Å². The molecular weight excluding hydrogens is 422 g/mol. The Morgan fingerprint density at radius 3 is 2.85 bits per heavy atom. The number of nitrogens with zero attached hydrogens (tertiary/aromatic N) is 6. The molecule has 10 nitrogen and oxygen atoms in total. The second-order valence-corrected chi connectivity index (χ2v) is 8.80. The number of nitrogens with one attached hydrogen (secondary N) is 1. The molecule has 0 aliphatic carbocycles. The number of aliphatic hydroxyl groups is 1. The van der Waals surface area contributed by atoms with E-state index in [9.17, 15) is 5.11 Å². The van der Waals surface area contributed by atoms with Crippen LogP contribution in [0.25, 0.3) is 28.1 Å². The molecule has 1 unspecified atom stereocenters. The summed E-state index contributed by atoms with van der Waals surface area (Å²) in [7, 11) is 2.14. The Balaban J connectivity index is 1.30. The summed E-state index contributed by atoms with van der Waals surface area (Å²) in [4.78, 5) is 13.8. The van der Waals surface area contributed by atoms with Crippen LogP contribution in [0.1, 0.15) is 12.8 Å². The topological polar surface area (TPSA) is 104 Å². The maximum absolute atomic E-state index is 9.63. The standard InChI is InChI=1S/C23H27N7O3/c1-28-8-10-29(11-9-28)23-16-12-19(33-18(16)6-7-24-23)17-13-25-20-3-5-22(27-30(17)20)32-14-15-2-4-21(31)26-15/h3,5-7,12-13,15,21,26,31H,2,4,8-11,14H2,1H3/t15-,21?/m1/s1. The molecule has 0 bridgehead atoms. The molecule has 0 amide bonds. The molecule has 2 aliphatic heterocycles. The molecule has 2 N–H and O–H groups in total. The van der Waals surface area contributed by atoms with Crippen LogP contribution in [0.4, 0.5) is 5.82 Å². The van der Waals surface area contributed by atoms with Gasteiger partial charge in [-0.15, -0.1) is 5.10 Å². The first kappa shape index (κ1) is 20.4. The maximum Gasteiger partial charge on any atom is 0.231 e. The number of anilines is 1. The number of rotatable bonds is 5. The summed E-state index contributed by atoms with van der Waals surface area (Å²) in [6.45, 7) is 4.35. The number of furan rings is 1. The average molecular weight is 450 g/mol. The van der Waals surface area contributed by atoms with Gasteiger partial charge in [-0.3, -0.25) is 5.32 Å². The Hall–Kier alpha value is -3.21. The molecule has 2 saturated heterocycles. The minimum absolute atomic E-state index is 0.121. The molecule has 4 aromatic heterocycles. The van der Waals surface area contributed by atoms with E-state index in [1.807, 2.05) is 24.3 Å². The Kier molecular flexibility index (Phi) is 5.12. The molecule has 2 fully saturated rings. The fourth-order valence-corrected chi connectivity index (χ4v) is 4.56. The Morgan fingerprint density at radius 2 is 2.03 bits per heavy atom. The third-order valence-electron chi connectivity index (χ3n) is 6.47. The summed E-state index contributed by atoms with van der Waals surface area (Å²) in [6.07, 6.45) is 4.73. The van der Waals surface area contributed by atoms with E-state index < -0.39 is 6.23 Å². The SMILES string of the molecule is CN1CCN(c2nccc3oc(-c4cnc5ccc(OC[C@H]6CCC(O)N6)nn45)cc23)CC1. The van der Waals surface area contributed by atoms with Crippen molar-refractivity contribution in [2.24, 2.45) is 0 Å². The third kappa shape index (κ3) is 3.90. The number of pyridine rings is 1. The van der Waals surface area contributed by atoms with Crippen LogP contribution in [-0.4, -0.2) is 81.7 Å². The molecule has 172 valence electrons. The van der Waals surface area contributed by atoms with Crippen LogP contribution in [0.3, 0.4) is 0 Å². The second kappa shape index (κ2) is 8.29. The summed E-state index contributed by atoms with van der Waals surface area (Å²) in [5, 5.41) is 18.4. The fourth-order valence-electron chi connectivity index (χ4n) is 4.56. The smallest absolute Gasteiger partial charge is 0.231 e. The number of hydrogen-bond acceptors (Lipinski definition) is 9. The number of likely N-dealkylation sites (N-methyl/N-ethyl adjacent to an activating group) is 1. The molecule has 10 heteroatoms. The van der Waals surface area contributed by atoms with Crippen LogP contribution in [0.5, 0.6) is 5.88 Å². The maximum atomic E-state index is 9.63. The lowest BCUT2D eigenvalue weighted by atomic mass is 10.2. The van der Waals surface area contributed by atoms with E-state index in [0.717, 1.165) is 61.5 Å². The lowest BCUT2D eigenvalue weighted by Crippen LogP contribution is -2.44. The van der Waals surface area contributed by atoms with Gasteiger partial charge in [0.1, 0.15) is 29.9 Å². The minimum Gasteiger partial charge on any atom is -0.475 e. The third-order valence-corrected chi connectivity index (χ3v) is 6.47. The van der Waals surface area contributed by atoms with Gasteiger partial charge < -0.3 is 24.1 Å². The predicted octanol–water partition coefficient (Wildman–Crippen LogP) is 1.74. The van der Waals surface area contributed by atoms with Gasteiger partial charge in [-0.25, -0.2) is 14.5 Å². The van der Waals surface area contributed by atoms with Crippen LogP contribution in [-0.2, 0) is 0 Å². The normalized spacial score (nSPS) is 21.9. The molecule has 2 aliphatic rings. The van der Waals surface area contributed by atoms with Gasteiger partial charge in [0.05, 0.1) is 11.6 Å². The van der Waals surface area contributed by atoms with E-state index in [1.165, 1.54) is 0 Å². The van der Waals surface area contributed by atoms with E-state index >= 15 is 0 Å². The lowest BCUT2D eigenvalue weighted by Gasteiger charge is -2.33. The zero-order valence-electron chi connectivity index (χ0n) is 18.5. The molecule has 6 rings (SSSR count). The molecule has 6 heterocycles.